The van der Waals surface area contributed by atoms with Crippen molar-refractivity contribution in [1.82, 2.24) is 0 Å². The third kappa shape index (κ3) is 3.60. The summed E-state index contributed by atoms with van der Waals surface area (Å²) >= 11 is 0. The van der Waals surface area contributed by atoms with Gasteiger partial charge in [-0.25, -0.2) is 4.79 Å². The van der Waals surface area contributed by atoms with E-state index >= 15 is 0 Å². The minimum Gasteiger partial charge on any atom is -0.497 e. The summed E-state index contributed by atoms with van der Waals surface area (Å²) in [6, 6.07) is 12.8. The lowest BCUT2D eigenvalue weighted by molar-refractivity contribution is -0.385. The zero-order valence-electron chi connectivity index (χ0n) is 16.0. The van der Waals surface area contributed by atoms with E-state index < -0.39 is 16.8 Å². The smallest absolute Gasteiger partial charge is 0.340 e. The zero-order valence-corrected chi connectivity index (χ0v) is 16.0. The van der Waals surface area contributed by atoms with Gasteiger partial charge < -0.3 is 9.47 Å². The number of allylic oxidation sites excluding steroid dienone is 1. The van der Waals surface area contributed by atoms with Crippen molar-refractivity contribution < 1.29 is 24.0 Å². The highest BCUT2D eigenvalue weighted by Gasteiger charge is 2.38. The number of hydrogen-bond acceptors (Lipinski definition) is 6. The van der Waals surface area contributed by atoms with Gasteiger partial charge in [0, 0.05) is 17.8 Å². The van der Waals surface area contributed by atoms with Crippen LogP contribution in [0.25, 0.3) is 6.08 Å². The van der Waals surface area contributed by atoms with Crippen molar-refractivity contribution in [1.29, 1.82) is 0 Å². The van der Waals surface area contributed by atoms with Crippen LogP contribution >= 0.6 is 0 Å². The average Bonchev–Trinajstić information content (AvgIpc) is 2.97. The van der Waals surface area contributed by atoms with Crippen LogP contribution in [0.15, 0.2) is 65.4 Å². The predicted octanol–water partition coefficient (Wildman–Crippen LogP) is 3.48. The Kier molecular flexibility index (Phi) is 5.45. The number of hydrogen-bond donors (Lipinski definition) is 0. The number of carbonyl (C=O) groups excluding carboxylic acids is 2. The molecule has 0 N–H and O–H groups in total. The van der Waals surface area contributed by atoms with Gasteiger partial charge in [0.15, 0.2) is 0 Å². The summed E-state index contributed by atoms with van der Waals surface area (Å²) in [4.78, 5) is 37.8. The zero-order chi connectivity index (χ0) is 21.1. The fraction of sp³-hybridized carbons (Fsp3) is 0.143. The van der Waals surface area contributed by atoms with Crippen molar-refractivity contribution in [3.63, 3.8) is 0 Å². The first-order valence-electron chi connectivity index (χ1n) is 8.62. The molecule has 3 rings (SSSR count). The molecule has 148 valence electrons. The summed E-state index contributed by atoms with van der Waals surface area (Å²) in [5, 5.41) is 11.3. The van der Waals surface area contributed by atoms with E-state index in [0.717, 1.165) is 0 Å². The Morgan fingerprint density at radius 1 is 1.14 bits per heavy atom. The summed E-state index contributed by atoms with van der Waals surface area (Å²) in [6.07, 6.45) is 1.34. The number of esters is 1. The van der Waals surface area contributed by atoms with Crippen molar-refractivity contribution in [3.8, 4) is 5.75 Å². The van der Waals surface area contributed by atoms with Crippen LogP contribution in [0.1, 0.15) is 12.5 Å². The number of benzene rings is 2. The molecule has 0 aromatic heterocycles. The predicted molar refractivity (Wildman–Crippen MR) is 106 cm³/mol. The monoisotopic (exact) mass is 394 g/mol. The molecule has 0 unspecified atom stereocenters. The first kappa shape index (κ1) is 19.8. The molecular weight excluding hydrogens is 376 g/mol. The topological polar surface area (TPSA) is 99.0 Å². The normalized spacial score (nSPS) is 15.1. The van der Waals surface area contributed by atoms with Crippen LogP contribution in [-0.4, -0.2) is 31.0 Å². The average molecular weight is 394 g/mol. The lowest BCUT2D eigenvalue weighted by Crippen LogP contribution is -2.24. The molecule has 1 aliphatic rings. The van der Waals surface area contributed by atoms with Gasteiger partial charge in [-0.3, -0.25) is 19.8 Å². The number of rotatable bonds is 5. The molecule has 0 spiro atoms. The summed E-state index contributed by atoms with van der Waals surface area (Å²) in [7, 11) is 2.72. The highest BCUT2D eigenvalue weighted by molar-refractivity contribution is 6.24. The van der Waals surface area contributed by atoms with Crippen LogP contribution in [0.4, 0.5) is 11.4 Å². The molecule has 2 aromatic rings. The molecule has 29 heavy (non-hydrogen) atoms. The summed E-state index contributed by atoms with van der Waals surface area (Å²) in [5.41, 5.74) is 0.973. The second-order valence-electron chi connectivity index (χ2n) is 6.17. The first-order valence-corrected chi connectivity index (χ1v) is 8.62. The molecule has 0 fully saturated rings. The van der Waals surface area contributed by atoms with Crippen molar-refractivity contribution in [2.24, 2.45) is 0 Å². The number of nitro groups is 1. The van der Waals surface area contributed by atoms with E-state index in [1.54, 1.807) is 37.3 Å². The van der Waals surface area contributed by atoms with Gasteiger partial charge >= 0.3 is 5.97 Å². The molecule has 8 heteroatoms. The van der Waals surface area contributed by atoms with E-state index in [1.807, 2.05) is 0 Å². The Bertz CT molecular complexity index is 1070. The number of ether oxygens (including phenoxy) is 2. The van der Waals surface area contributed by atoms with Crippen molar-refractivity contribution >= 4 is 29.3 Å². The van der Waals surface area contributed by atoms with Crippen molar-refractivity contribution in [2.75, 3.05) is 19.1 Å². The maximum absolute atomic E-state index is 13.2. The van der Waals surface area contributed by atoms with E-state index in [9.17, 15) is 19.7 Å². The van der Waals surface area contributed by atoms with Crippen LogP contribution in [0.5, 0.6) is 5.75 Å². The number of amides is 1. The van der Waals surface area contributed by atoms with Gasteiger partial charge in [0.2, 0.25) is 0 Å². The second kappa shape index (κ2) is 7.97. The second-order valence-corrected chi connectivity index (χ2v) is 6.17. The summed E-state index contributed by atoms with van der Waals surface area (Å²) in [6.45, 7) is 1.61. The van der Waals surface area contributed by atoms with Gasteiger partial charge in [0.25, 0.3) is 11.6 Å². The van der Waals surface area contributed by atoms with E-state index in [1.165, 1.54) is 43.4 Å². The number of nitro benzene ring substituents is 1. The number of carbonyl (C=O) groups is 2. The van der Waals surface area contributed by atoms with Crippen molar-refractivity contribution in [3.05, 3.63) is 81.1 Å². The Labute approximate surface area is 166 Å². The SMILES string of the molecule is COC(=O)C1=C(C)N(c2cccc(OC)c2)C(=O)/C1=C\c1ccccc1[N+](=O)[O-]. The molecule has 0 atom stereocenters. The van der Waals surface area contributed by atoms with Crippen molar-refractivity contribution in [2.45, 2.75) is 6.92 Å². The first-order chi connectivity index (χ1) is 13.9. The van der Waals surface area contributed by atoms with E-state index in [2.05, 4.69) is 0 Å². The number of anilines is 1. The maximum atomic E-state index is 13.2. The van der Waals surface area contributed by atoms with Gasteiger partial charge in [-0.05, 0) is 31.2 Å². The molecule has 8 nitrogen and oxygen atoms in total. The molecule has 0 saturated heterocycles. The Morgan fingerprint density at radius 3 is 2.52 bits per heavy atom. The van der Waals surface area contributed by atoms with E-state index in [-0.39, 0.29) is 22.4 Å². The number of nitrogens with zero attached hydrogens (tertiary/aromatic N) is 2. The third-order valence-electron chi connectivity index (χ3n) is 4.53. The minimum atomic E-state index is -0.703. The quantitative estimate of drug-likeness (QED) is 0.333. The van der Waals surface area contributed by atoms with Gasteiger partial charge in [0.05, 0.1) is 41.5 Å². The van der Waals surface area contributed by atoms with Gasteiger partial charge in [-0.2, -0.15) is 0 Å². The Morgan fingerprint density at radius 2 is 1.86 bits per heavy atom. The summed E-state index contributed by atoms with van der Waals surface area (Å²) in [5.74, 6) is -0.653. The van der Waals surface area contributed by atoms with E-state index in [0.29, 0.717) is 17.1 Å². The summed E-state index contributed by atoms with van der Waals surface area (Å²) < 4.78 is 10.1. The molecule has 2 aromatic carbocycles. The highest BCUT2D eigenvalue weighted by Crippen LogP contribution is 2.37. The largest absolute Gasteiger partial charge is 0.497 e. The standard InChI is InChI=1S/C21H18N2O6/c1-13-19(21(25)29-3)17(11-14-7-4-5-10-18(14)23(26)27)20(24)22(13)15-8-6-9-16(12-15)28-2/h4-12H,1-3H3/b17-11-. The number of methoxy groups -OCH3 is 2. The third-order valence-corrected chi connectivity index (χ3v) is 4.53. The van der Waals surface area contributed by atoms with Crippen LogP contribution < -0.4 is 9.64 Å². The fourth-order valence-corrected chi connectivity index (χ4v) is 3.17. The molecule has 0 bridgehead atoms. The molecule has 1 heterocycles. The molecule has 0 aliphatic carbocycles. The number of para-hydroxylation sites is 1. The fourth-order valence-electron chi connectivity index (χ4n) is 3.17. The van der Waals surface area contributed by atoms with Crippen LogP contribution in [-0.2, 0) is 14.3 Å². The molecular formula is C21H18N2O6. The van der Waals surface area contributed by atoms with Crippen LogP contribution in [0, 0.1) is 10.1 Å². The van der Waals surface area contributed by atoms with Gasteiger partial charge in [-0.1, -0.05) is 18.2 Å². The lowest BCUT2D eigenvalue weighted by Gasteiger charge is -2.18. The lowest BCUT2D eigenvalue weighted by atomic mass is 10.0. The molecule has 0 saturated carbocycles. The van der Waals surface area contributed by atoms with Gasteiger partial charge in [-0.15, -0.1) is 0 Å². The van der Waals surface area contributed by atoms with Gasteiger partial charge in [0.1, 0.15) is 5.75 Å². The van der Waals surface area contributed by atoms with Crippen LogP contribution in [0.3, 0.4) is 0 Å². The highest BCUT2D eigenvalue weighted by atomic mass is 16.6. The minimum absolute atomic E-state index is 0.0199. The van der Waals surface area contributed by atoms with E-state index in [4.69, 9.17) is 9.47 Å². The Balaban J connectivity index is 2.19. The van der Waals surface area contributed by atoms with Crippen LogP contribution in [0.2, 0.25) is 0 Å². The molecule has 1 amide bonds. The molecule has 0 radical (unpaired) electrons. The maximum Gasteiger partial charge on any atom is 0.340 e. The molecule has 1 aliphatic heterocycles. The Hall–Kier alpha value is -3.94.